The molecule has 0 aliphatic carbocycles. The van der Waals surface area contributed by atoms with E-state index in [2.05, 4.69) is 4.98 Å². The van der Waals surface area contributed by atoms with E-state index in [1.807, 2.05) is 29.6 Å². The molecule has 2 aromatic rings. The molecule has 0 unspecified atom stereocenters. The third-order valence-corrected chi connectivity index (χ3v) is 4.34. The van der Waals surface area contributed by atoms with Gasteiger partial charge in [-0.15, -0.1) is 22.9 Å². The summed E-state index contributed by atoms with van der Waals surface area (Å²) >= 11 is 7.37. The number of hydrogen-bond donors (Lipinski definition) is 0. The zero-order valence-electron chi connectivity index (χ0n) is 10.7. The minimum atomic E-state index is -0.250. The molecule has 3 rings (SSSR count). The summed E-state index contributed by atoms with van der Waals surface area (Å²) in [5.74, 6) is 0.414. The van der Waals surface area contributed by atoms with Crippen molar-refractivity contribution in [3.05, 3.63) is 40.9 Å². The third-order valence-electron chi connectivity index (χ3n) is 3.14. The Morgan fingerprint density at radius 3 is 2.95 bits per heavy atom. The number of aromatic nitrogens is 1. The number of halogens is 1. The second-order valence-corrected chi connectivity index (χ2v) is 5.60. The summed E-state index contributed by atoms with van der Waals surface area (Å²) < 4.78 is 4.96. The summed E-state index contributed by atoms with van der Waals surface area (Å²) in [4.78, 5) is 17.8. The van der Waals surface area contributed by atoms with Crippen LogP contribution in [0.15, 0.2) is 29.6 Å². The van der Waals surface area contributed by atoms with Crippen LogP contribution in [0.2, 0.25) is 0 Å². The molecular formula is C14H13ClN2O2S. The number of carbonyl (C=O) groups excluding carboxylic acids is 1. The Bertz CT molecular complexity index is 629. The molecule has 0 bridgehead atoms. The lowest BCUT2D eigenvalue weighted by Gasteiger charge is -2.14. The molecule has 1 aromatic heterocycles. The minimum Gasteiger partial charge on any atom is -0.448 e. The number of carbonyl (C=O) groups is 1. The van der Waals surface area contributed by atoms with E-state index in [9.17, 15) is 4.79 Å². The normalized spacial score (nSPS) is 14.7. The predicted molar refractivity (Wildman–Crippen MR) is 78.9 cm³/mol. The molecule has 0 radical (unpaired) electrons. The Kier molecular flexibility index (Phi) is 3.89. The van der Waals surface area contributed by atoms with Gasteiger partial charge in [0.1, 0.15) is 11.6 Å². The van der Waals surface area contributed by atoms with Crippen LogP contribution in [-0.4, -0.2) is 29.1 Å². The summed E-state index contributed by atoms with van der Waals surface area (Å²) in [6.07, 6.45) is -0.250. The predicted octanol–water partition coefficient (Wildman–Crippen LogP) is 3.50. The van der Waals surface area contributed by atoms with Gasteiger partial charge in [-0.1, -0.05) is 24.3 Å². The highest BCUT2D eigenvalue weighted by Crippen LogP contribution is 2.28. The SMILES string of the molecule is O=C1OCCN1Cc1ccccc1-c1nc(CCl)cs1. The Hall–Kier alpha value is -1.59. The van der Waals surface area contributed by atoms with Gasteiger partial charge < -0.3 is 9.64 Å². The number of hydrogen-bond acceptors (Lipinski definition) is 4. The van der Waals surface area contributed by atoms with Crippen LogP contribution in [0, 0.1) is 0 Å². The molecule has 20 heavy (non-hydrogen) atoms. The molecule has 0 atom stereocenters. The molecule has 1 aliphatic heterocycles. The van der Waals surface area contributed by atoms with Crippen LogP contribution >= 0.6 is 22.9 Å². The van der Waals surface area contributed by atoms with Crippen LogP contribution in [0.5, 0.6) is 0 Å². The third kappa shape index (κ3) is 2.64. The van der Waals surface area contributed by atoms with Gasteiger partial charge in [0, 0.05) is 17.5 Å². The summed E-state index contributed by atoms with van der Waals surface area (Å²) in [6.45, 7) is 1.65. The Labute approximate surface area is 126 Å². The number of ether oxygens (including phenoxy) is 1. The number of benzene rings is 1. The summed E-state index contributed by atoms with van der Waals surface area (Å²) in [7, 11) is 0. The van der Waals surface area contributed by atoms with Gasteiger partial charge in [0.25, 0.3) is 0 Å². The summed E-state index contributed by atoms with van der Waals surface area (Å²) in [5.41, 5.74) is 3.00. The highest BCUT2D eigenvalue weighted by Gasteiger charge is 2.23. The van der Waals surface area contributed by atoms with E-state index in [0.717, 1.165) is 21.8 Å². The maximum atomic E-state index is 11.6. The van der Waals surface area contributed by atoms with E-state index in [0.29, 0.717) is 25.6 Å². The zero-order valence-corrected chi connectivity index (χ0v) is 12.3. The zero-order chi connectivity index (χ0) is 13.9. The fourth-order valence-corrected chi connectivity index (χ4v) is 3.24. The first-order valence-corrected chi connectivity index (χ1v) is 7.69. The standard InChI is InChI=1S/C14H13ClN2O2S/c15-7-11-9-20-13(16-11)12-4-2-1-3-10(12)8-17-5-6-19-14(17)18/h1-4,9H,5-8H2. The number of cyclic esters (lactones) is 1. The average molecular weight is 309 g/mol. The second kappa shape index (κ2) is 5.81. The molecule has 6 heteroatoms. The van der Waals surface area contributed by atoms with E-state index in [-0.39, 0.29) is 6.09 Å². The summed E-state index contributed by atoms with van der Waals surface area (Å²) in [6, 6.07) is 7.98. The van der Waals surface area contributed by atoms with Crippen molar-refractivity contribution in [2.75, 3.05) is 13.2 Å². The first kappa shape index (κ1) is 13.4. The van der Waals surface area contributed by atoms with Crippen molar-refractivity contribution in [2.45, 2.75) is 12.4 Å². The van der Waals surface area contributed by atoms with E-state index in [1.54, 1.807) is 16.2 Å². The first-order valence-electron chi connectivity index (χ1n) is 6.28. The molecule has 1 aromatic carbocycles. The molecule has 1 fully saturated rings. The van der Waals surface area contributed by atoms with Crippen LogP contribution in [0.4, 0.5) is 4.79 Å². The molecule has 1 saturated heterocycles. The number of alkyl halides is 1. The van der Waals surface area contributed by atoms with Gasteiger partial charge in [-0.3, -0.25) is 0 Å². The lowest BCUT2D eigenvalue weighted by molar-refractivity contribution is 0.157. The van der Waals surface area contributed by atoms with E-state index >= 15 is 0 Å². The highest BCUT2D eigenvalue weighted by molar-refractivity contribution is 7.13. The number of amides is 1. The molecule has 2 heterocycles. The van der Waals surface area contributed by atoms with E-state index in [1.165, 1.54) is 0 Å². The van der Waals surface area contributed by atoms with Gasteiger partial charge in [-0.05, 0) is 5.56 Å². The van der Waals surface area contributed by atoms with Gasteiger partial charge in [-0.2, -0.15) is 0 Å². The average Bonchev–Trinajstić information content (AvgIpc) is 3.09. The molecule has 1 aliphatic rings. The Balaban J connectivity index is 1.89. The van der Waals surface area contributed by atoms with Crippen molar-refractivity contribution in [2.24, 2.45) is 0 Å². The van der Waals surface area contributed by atoms with Crippen LogP contribution < -0.4 is 0 Å². The van der Waals surface area contributed by atoms with Crippen LogP contribution in [-0.2, 0) is 17.2 Å². The minimum absolute atomic E-state index is 0.250. The molecule has 0 N–H and O–H groups in total. The van der Waals surface area contributed by atoms with Crippen LogP contribution in [0.1, 0.15) is 11.3 Å². The fraction of sp³-hybridized carbons (Fsp3) is 0.286. The van der Waals surface area contributed by atoms with Crippen LogP contribution in [0.25, 0.3) is 10.6 Å². The smallest absolute Gasteiger partial charge is 0.410 e. The van der Waals surface area contributed by atoms with Gasteiger partial charge in [0.2, 0.25) is 0 Å². The molecule has 4 nitrogen and oxygen atoms in total. The van der Waals surface area contributed by atoms with Gasteiger partial charge in [-0.25, -0.2) is 9.78 Å². The van der Waals surface area contributed by atoms with Gasteiger partial charge in [0.15, 0.2) is 0 Å². The maximum absolute atomic E-state index is 11.6. The van der Waals surface area contributed by atoms with Gasteiger partial charge in [0.05, 0.1) is 18.1 Å². The Morgan fingerprint density at radius 2 is 2.25 bits per heavy atom. The van der Waals surface area contributed by atoms with Crippen LogP contribution in [0.3, 0.4) is 0 Å². The van der Waals surface area contributed by atoms with Crippen molar-refractivity contribution in [1.82, 2.24) is 9.88 Å². The fourth-order valence-electron chi connectivity index (χ4n) is 2.13. The monoisotopic (exact) mass is 308 g/mol. The van der Waals surface area contributed by atoms with Crippen molar-refractivity contribution in [3.8, 4) is 10.6 Å². The summed E-state index contributed by atoms with van der Waals surface area (Å²) in [5, 5.41) is 2.90. The molecule has 1 amide bonds. The Morgan fingerprint density at radius 1 is 1.40 bits per heavy atom. The van der Waals surface area contributed by atoms with Crippen molar-refractivity contribution in [3.63, 3.8) is 0 Å². The molecule has 0 spiro atoms. The van der Waals surface area contributed by atoms with Gasteiger partial charge >= 0.3 is 6.09 Å². The topological polar surface area (TPSA) is 42.4 Å². The number of nitrogens with zero attached hydrogens (tertiary/aromatic N) is 2. The van der Waals surface area contributed by atoms with Crippen molar-refractivity contribution >= 4 is 29.0 Å². The van der Waals surface area contributed by atoms with Crippen molar-refractivity contribution in [1.29, 1.82) is 0 Å². The number of thiazole rings is 1. The molecule has 104 valence electrons. The number of rotatable bonds is 4. The molecule has 0 saturated carbocycles. The van der Waals surface area contributed by atoms with Crippen molar-refractivity contribution < 1.29 is 9.53 Å². The second-order valence-electron chi connectivity index (χ2n) is 4.47. The maximum Gasteiger partial charge on any atom is 0.410 e. The lowest BCUT2D eigenvalue weighted by atomic mass is 10.1. The lowest BCUT2D eigenvalue weighted by Crippen LogP contribution is -2.23. The molecular weight excluding hydrogens is 296 g/mol. The van der Waals surface area contributed by atoms with E-state index < -0.39 is 0 Å². The highest BCUT2D eigenvalue weighted by atomic mass is 35.5. The largest absolute Gasteiger partial charge is 0.448 e. The van der Waals surface area contributed by atoms with E-state index in [4.69, 9.17) is 16.3 Å². The first-order chi connectivity index (χ1) is 9.78. The quantitative estimate of drug-likeness (QED) is 0.812.